The predicted molar refractivity (Wildman–Crippen MR) is 65.8 cm³/mol. The summed E-state index contributed by atoms with van der Waals surface area (Å²) in [7, 11) is 0. The van der Waals surface area contributed by atoms with E-state index in [1.165, 1.54) is 18.2 Å². The van der Waals surface area contributed by atoms with Crippen LogP contribution in [0.25, 0.3) is 0 Å². The van der Waals surface area contributed by atoms with Gasteiger partial charge in [0.15, 0.2) is 17.5 Å². The van der Waals surface area contributed by atoms with E-state index in [0.29, 0.717) is 5.02 Å². The molecule has 0 spiro atoms. The Morgan fingerprint density at radius 2 is 1.68 bits per heavy atom. The van der Waals surface area contributed by atoms with Crippen molar-refractivity contribution in [2.24, 2.45) is 0 Å². The minimum atomic E-state index is -1.57. The van der Waals surface area contributed by atoms with E-state index in [-0.39, 0.29) is 16.9 Å². The molecule has 6 heteroatoms. The van der Waals surface area contributed by atoms with Gasteiger partial charge in [0.05, 0.1) is 16.9 Å². The zero-order valence-electron chi connectivity index (χ0n) is 9.35. The first-order chi connectivity index (χ1) is 9.02. The van der Waals surface area contributed by atoms with Gasteiger partial charge in [-0.2, -0.15) is 5.26 Å². The van der Waals surface area contributed by atoms with Crippen molar-refractivity contribution in [3.63, 3.8) is 0 Å². The fourth-order valence-electron chi connectivity index (χ4n) is 1.49. The minimum absolute atomic E-state index is 0.164. The second-order valence-electron chi connectivity index (χ2n) is 3.65. The SMILES string of the molecule is N#Cc1cc(Cl)ccc1Nc1ccc(F)c(F)c1F. The highest BCUT2D eigenvalue weighted by Crippen LogP contribution is 2.27. The number of halogens is 4. The Bertz CT molecular complexity index is 680. The van der Waals surface area contributed by atoms with Crippen molar-refractivity contribution in [2.45, 2.75) is 0 Å². The predicted octanol–water partition coefficient (Wildman–Crippen LogP) is 4.37. The molecule has 0 radical (unpaired) electrons. The van der Waals surface area contributed by atoms with Crippen LogP contribution in [-0.4, -0.2) is 0 Å². The van der Waals surface area contributed by atoms with Gasteiger partial charge in [0, 0.05) is 5.02 Å². The number of hydrogen-bond donors (Lipinski definition) is 1. The average molecular weight is 283 g/mol. The molecule has 0 aromatic heterocycles. The largest absolute Gasteiger partial charge is 0.352 e. The summed E-state index contributed by atoms with van der Waals surface area (Å²) in [4.78, 5) is 0. The molecule has 0 aliphatic carbocycles. The highest BCUT2D eigenvalue weighted by molar-refractivity contribution is 6.30. The van der Waals surface area contributed by atoms with Gasteiger partial charge < -0.3 is 5.32 Å². The van der Waals surface area contributed by atoms with E-state index in [1.54, 1.807) is 0 Å². The standard InChI is InChI=1S/C13H6ClF3N2/c14-8-1-3-10(7(5-8)6-18)19-11-4-2-9(15)12(16)13(11)17/h1-5,19H. The summed E-state index contributed by atoms with van der Waals surface area (Å²) in [5, 5.41) is 11.8. The van der Waals surface area contributed by atoms with Crippen molar-refractivity contribution in [2.75, 3.05) is 5.32 Å². The first-order valence-electron chi connectivity index (χ1n) is 5.13. The van der Waals surface area contributed by atoms with Crippen LogP contribution in [0.1, 0.15) is 5.56 Å². The Morgan fingerprint density at radius 1 is 1.00 bits per heavy atom. The van der Waals surface area contributed by atoms with E-state index >= 15 is 0 Å². The van der Waals surface area contributed by atoms with Gasteiger partial charge in [-0.05, 0) is 30.3 Å². The summed E-state index contributed by atoms with van der Waals surface area (Å²) in [5.41, 5.74) is 0.145. The van der Waals surface area contributed by atoms with Crippen molar-refractivity contribution in [3.05, 3.63) is 58.4 Å². The molecule has 2 rings (SSSR count). The normalized spacial score (nSPS) is 10.1. The lowest BCUT2D eigenvalue weighted by Crippen LogP contribution is -2.00. The summed E-state index contributed by atoms with van der Waals surface area (Å²) in [6.07, 6.45) is 0. The van der Waals surface area contributed by atoms with Gasteiger partial charge in [-0.25, -0.2) is 13.2 Å². The number of nitrogens with zero attached hydrogens (tertiary/aromatic N) is 1. The number of nitriles is 1. The first-order valence-corrected chi connectivity index (χ1v) is 5.51. The van der Waals surface area contributed by atoms with Gasteiger partial charge >= 0.3 is 0 Å². The van der Waals surface area contributed by atoms with Gasteiger partial charge in [0.1, 0.15) is 6.07 Å². The molecular formula is C13H6ClF3N2. The summed E-state index contributed by atoms with van der Waals surface area (Å²) < 4.78 is 39.3. The molecule has 19 heavy (non-hydrogen) atoms. The number of nitrogens with one attached hydrogen (secondary N) is 1. The molecule has 0 atom stereocenters. The number of anilines is 2. The topological polar surface area (TPSA) is 35.8 Å². The maximum Gasteiger partial charge on any atom is 0.196 e. The second kappa shape index (κ2) is 5.21. The quantitative estimate of drug-likeness (QED) is 0.830. The van der Waals surface area contributed by atoms with Gasteiger partial charge in [-0.1, -0.05) is 11.6 Å². The maximum atomic E-state index is 13.5. The molecule has 1 N–H and O–H groups in total. The molecule has 0 saturated carbocycles. The van der Waals surface area contributed by atoms with E-state index in [1.807, 2.05) is 6.07 Å². The van der Waals surface area contributed by atoms with Crippen molar-refractivity contribution in [1.29, 1.82) is 5.26 Å². The summed E-state index contributed by atoms with van der Waals surface area (Å²) in [6.45, 7) is 0. The average Bonchev–Trinajstić information content (AvgIpc) is 2.41. The molecular weight excluding hydrogens is 277 g/mol. The molecule has 0 saturated heterocycles. The van der Waals surface area contributed by atoms with Gasteiger partial charge in [-0.15, -0.1) is 0 Å². The molecule has 0 bridgehead atoms. The first kappa shape index (κ1) is 13.2. The van der Waals surface area contributed by atoms with Crippen LogP contribution < -0.4 is 5.32 Å². The number of hydrogen-bond acceptors (Lipinski definition) is 2. The molecule has 2 aromatic carbocycles. The Balaban J connectivity index is 2.43. The van der Waals surface area contributed by atoms with Crippen LogP contribution in [0.15, 0.2) is 30.3 Å². The van der Waals surface area contributed by atoms with Crippen LogP contribution in [-0.2, 0) is 0 Å². The molecule has 0 aliphatic rings. The zero-order chi connectivity index (χ0) is 14.0. The van der Waals surface area contributed by atoms with E-state index in [0.717, 1.165) is 12.1 Å². The minimum Gasteiger partial charge on any atom is -0.352 e. The molecule has 0 amide bonds. The fourth-order valence-corrected chi connectivity index (χ4v) is 1.66. The second-order valence-corrected chi connectivity index (χ2v) is 4.09. The molecule has 0 unspecified atom stereocenters. The Labute approximate surface area is 112 Å². The van der Waals surface area contributed by atoms with E-state index in [2.05, 4.69) is 5.32 Å². The lowest BCUT2D eigenvalue weighted by Gasteiger charge is -2.10. The molecule has 96 valence electrons. The Morgan fingerprint density at radius 3 is 2.37 bits per heavy atom. The number of benzene rings is 2. The van der Waals surface area contributed by atoms with E-state index in [4.69, 9.17) is 16.9 Å². The summed E-state index contributed by atoms with van der Waals surface area (Å²) in [5.74, 6) is -4.20. The van der Waals surface area contributed by atoms with E-state index in [9.17, 15) is 13.2 Å². The van der Waals surface area contributed by atoms with Crippen LogP contribution in [0, 0.1) is 28.8 Å². The van der Waals surface area contributed by atoms with Gasteiger partial charge in [-0.3, -0.25) is 0 Å². The van der Waals surface area contributed by atoms with Gasteiger partial charge in [0.25, 0.3) is 0 Å². The Kier molecular flexibility index (Phi) is 3.63. The lowest BCUT2D eigenvalue weighted by molar-refractivity contribution is 0.449. The van der Waals surface area contributed by atoms with Crippen molar-refractivity contribution in [1.82, 2.24) is 0 Å². The maximum absolute atomic E-state index is 13.5. The highest BCUT2D eigenvalue weighted by atomic mass is 35.5. The van der Waals surface area contributed by atoms with Crippen LogP contribution in [0.2, 0.25) is 5.02 Å². The third kappa shape index (κ3) is 2.64. The molecule has 0 fully saturated rings. The summed E-state index contributed by atoms with van der Waals surface area (Å²) >= 11 is 5.71. The zero-order valence-corrected chi connectivity index (χ0v) is 10.1. The monoisotopic (exact) mass is 282 g/mol. The van der Waals surface area contributed by atoms with Crippen LogP contribution >= 0.6 is 11.6 Å². The van der Waals surface area contributed by atoms with Crippen molar-refractivity contribution < 1.29 is 13.2 Å². The van der Waals surface area contributed by atoms with Crippen molar-refractivity contribution >= 4 is 23.0 Å². The third-order valence-corrected chi connectivity index (χ3v) is 2.64. The molecule has 0 heterocycles. The Hall–Kier alpha value is -2.19. The van der Waals surface area contributed by atoms with Crippen LogP contribution in [0.3, 0.4) is 0 Å². The van der Waals surface area contributed by atoms with Gasteiger partial charge in [0.2, 0.25) is 0 Å². The fraction of sp³-hybridized carbons (Fsp3) is 0. The van der Waals surface area contributed by atoms with Crippen LogP contribution in [0.4, 0.5) is 24.5 Å². The summed E-state index contributed by atoms with van der Waals surface area (Å²) in [6, 6.07) is 8.02. The molecule has 2 nitrogen and oxygen atoms in total. The third-order valence-electron chi connectivity index (χ3n) is 2.41. The number of rotatable bonds is 2. The molecule has 0 aliphatic heterocycles. The smallest absolute Gasteiger partial charge is 0.196 e. The van der Waals surface area contributed by atoms with Crippen molar-refractivity contribution in [3.8, 4) is 6.07 Å². The highest BCUT2D eigenvalue weighted by Gasteiger charge is 2.14. The van der Waals surface area contributed by atoms with E-state index < -0.39 is 17.5 Å². The van der Waals surface area contributed by atoms with Crippen LogP contribution in [0.5, 0.6) is 0 Å². The lowest BCUT2D eigenvalue weighted by atomic mass is 10.2. The molecule has 2 aromatic rings.